The number of aryl methyl sites for hydroxylation is 1. The Morgan fingerprint density at radius 1 is 1.12 bits per heavy atom. The van der Waals surface area contributed by atoms with Crippen LogP contribution in [0.25, 0.3) is 32.9 Å². The molecule has 0 spiro atoms. The van der Waals surface area contributed by atoms with Gasteiger partial charge in [0.15, 0.2) is 5.78 Å². The van der Waals surface area contributed by atoms with Crippen LogP contribution >= 0.6 is 0 Å². The minimum absolute atomic E-state index is 0. The first-order valence-corrected chi connectivity index (χ1v) is 10.3. The largest absolute Gasteiger partial charge is 0.512 e. The predicted octanol–water partition coefficient (Wildman–Crippen LogP) is 6.23. The molecule has 0 fully saturated rings. The second-order valence-corrected chi connectivity index (χ2v) is 8.57. The van der Waals surface area contributed by atoms with Crippen LogP contribution in [0.4, 0.5) is 0 Å². The van der Waals surface area contributed by atoms with Crippen LogP contribution in [-0.2, 0) is 30.3 Å². The molecular weight excluding hydrogens is 577 g/mol. The van der Waals surface area contributed by atoms with Crippen LogP contribution in [0.3, 0.4) is 0 Å². The molecule has 2 heterocycles. The second-order valence-electron chi connectivity index (χ2n) is 8.57. The van der Waals surface area contributed by atoms with E-state index in [9.17, 15) is 4.79 Å². The molecule has 2 aromatic heterocycles. The van der Waals surface area contributed by atoms with Crippen molar-refractivity contribution in [2.75, 3.05) is 0 Å². The van der Waals surface area contributed by atoms with Crippen molar-refractivity contribution in [2.45, 2.75) is 40.0 Å². The Labute approximate surface area is 201 Å². The first-order valence-electron chi connectivity index (χ1n) is 10.3. The maximum absolute atomic E-state index is 10.0. The van der Waals surface area contributed by atoms with Crippen molar-refractivity contribution in [1.29, 1.82) is 0 Å². The smallest absolute Gasteiger partial charge is 0.155 e. The molecule has 0 saturated heterocycles. The third-order valence-corrected chi connectivity index (χ3v) is 5.70. The zero-order valence-corrected chi connectivity index (χ0v) is 21.2. The number of hydrogen-bond donors (Lipinski definition) is 1. The summed E-state index contributed by atoms with van der Waals surface area (Å²) in [5, 5.41) is 12.0. The van der Waals surface area contributed by atoms with Crippen LogP contribution in [0.15, 0.2) is 60.6 Å². The van der Waals surface area contributed by atoms with Crippen LogP contribution < -0.4 is 0 Å². The van der Waals surface area contributed by atoms with Crippen LogP contribution in [0.5, 0.6) is 0 Å². The van der Waals surface area contributed by atoms with Gasteiger partial charge in [0.05, 0.1) is 5.76 Å². The number of allylic oxidation sites excluding steroid dienone is 2. The number of ketones is 1. The minimum atomic E-state index is -0.126. The van der Waals surface area contributed by atoms with Gasteiger partial charge in [-0.25, -0.2) is 0 Å². The number of nitrogens with zero attached hydrogens (tertiary/aromatic N) is 2. The number of aliphatic hydroxyl groups is 1. The number of carbonyl (C=O) groups is 1. The van der Waals surface area contributed by atoms with Crippen molar-refractivity contribution < 1.29 is 30.0 Å². The van der Waals surface area contributed by atoms with Gasteiger partial charge in [0.25, 0.3) is 0 Å². The van der Waals surface area contributed by atoms with E-state index in [0.717, 1.165) is 16.8 Å². The van der Waals surface area contributed by atoms with E-state index in [-0.39, 0.29) is 37.1 Å². The summed E-state index contributed by atoms with van der Waals surface area (Å²) in [6, 6.07) is 16.3. The van der Waals surface area contributed by atoms with Gasteiger partial charge in [0.2, 0.25) is 0 Å². The van der Waals surface area contributed by atoms with Crippen LogP contribution in [0, 0.1) is 13.0 Å². The Bertz CT molecular complexity index is 1360. The summed E-state index contributed by atoms with van der Waals surface area (Å²) in [6.07, 6.45) is 4.92. The molecule has 1 N–H and O–H groups in total. The van der Waals surface area contributed by atoms with Gasteiger partial charge in [-0.3, -0.25) is 9.78 Å². The maximum Gasteiger partial charge on any atom is 0.155 e. The van der Waals surface area contributed by atoms with Crippen LogP contribution in [0.1, 0.15) is 44.4 Å². The van der Waals surface area contributed by atoms with Gasteiger partial charge in [-0.05, 0) is 54.9 Å². The van der Waals surface area contributed by atoms with Crippen LogP contribution in [0.2, 0.25) is 0 Å². The van der Waals surface area contributed by atoms with Gasteiger partial charge >= 0.3 is 0 Å². The molecule has 2 aromatic carbocycles. The second kappa shape index (κ2) is 8.93. The van der Waals surface area contributed by atoms with E-state index in [1.54, 1.807) is 6.20 Å². The average molecular weight is 602 g/mol. The third kappa shape index (κ3) is 4.11. The number of carbonyl (C=O) groups excluding carboxylic acids is 1. The van der Waals surface area contributed by atoms with Gasteiger partial charge < -0.3 is 10.1 Å². The van der Waals surface area contributed by atoms with E-state index >= 15 is 0 Å². The number of rotatable bonds is 1. The molecule has 5 heteroatoms. The molecule has 4 nitrogen and oxygen atoms in total. The van der Waals surface area contributed by atoms with E-state index in [2.05, 4.69) is 68.2 Å². The molecule has 0 aliphatic heterocycles. The Balaban J connectivity index is 0.000000318. The molecule has 0 unspecified atom stereocenters. The van der Waals surface area contributed by atoms with Gasteiger partial charge in [-0.1, -0.05) is 66.3 Å². The molecule has 0 saturated carbocycles. The molecule has 1 aliphatic rings. The molecule has 5 rings (SSSR count). The van der Waals surface area contributed by atoms with Gasteiger partial charge in [0.1, 0.15) is 0 Å². The van der Waals surface area contributed by atoms with E-state index in [1.807, 2.05) is 6.20 Å². The summed E-state index contributed by atoms with van der Waals surface area (Å²) in [4.78, 5) is 19.4. The summed E-state index contributed by atoms with van der Waals surface area (Å²) < 4.78 is 0. The van der Waals surface area contributed by atoms with E-state index in [0.29, 0.717) is 0 Å². The molecule has 165 valence electrons. The van der Waals surface area contributed by atoms with Crippen molar-refractivity contribution in [3.05, 3.63) is 83.4 Å². The molecule has 0 atom stereocenters. The summed E-state index contributed by atoms with van der Waals surface area (Å²) >= 11 is 0. The van der Waals surface area contributed by atoms with E-state index < -0.39 is 0 Å². The standard InChI is InChI=1S/C22H17N2.C5H8O2.Ir/c1-13-7-8-14-12-24-21-15-9-10-23-18-6-4-5-17(19(15)18)22(2,3)20(21)16(14)11-13;1-4(6)3-5(2)7;/h4-8,10-12H,1-3H3;3,6H,1-2H3;/q-1;;/b;4-3-;. The number of benzene rings is 2. The number of hydrogen-bond acceptors (Lipinski definition) is 4. The topological polar surface area (TPSA) is 63.1 Å². The van der Waals surface area contributed by atoms with Crippen molar-refractivity contribution in [1.82, 2.24) is 9.97 Å². The summed E-state index contributed by atoms with van der Waals surface area (Å²) in [5.74, 6) is -0.0625. The molecule has 0 bridgehead atoms. The summed E-state index contributed by atoms with van der Waals surface area (Å²) in [7, 11) is 0. The van der Waals surface area contributed by atoms with Gasteiger partial charge in [-0.15, -0.1) is 0 Å². The minimum Gasteiger partial charge on any atom is -0.512 e. The summed E-state index contributed by atoms with van der Waals surface area (Å²) in [6.45, 7) is 9.58. The first-order chi connectivity index (χ1) is 14.7. The monoisotopic (exact) mass is 602 g/mol. The zero-order chi connectivity index (χ0) is 22.3. The Morgan fingerprint density at radius 3 is 2.53 bits per heavy atom. The van der Waals surface area contributed by atoms with E-state index in [1.165, 1.54) is 52.8 Å². The maximum atomic E-state index is 10.0. The fourth-order valence-corrected chi connectivity index (χ4v) is 4.43. The molecule has 32 heavy (non-hydrogen) atoms. The first kappa shape index (κ1) is 23.8. The normalized spacial score (nSPS) is 13.6. The van der Waals surface area contributed by atoms with Crippen molar-refractivity contribution >= 4 is 27.5 Å². The quantitative estimate of drug-likeness (QED) is 0.160. The molecule has 0 amide bonds. The molecular formula is C27H25IrN2O2-. The fraction of sp³-hybridized carbons (Fsp3) is 0.222. The average Bonchev–Trinajstić information content (AvgIpc) is 2.70. The molecule has 4 aromatic rings. The zero-order valence-electron chi connectivity index (χ0n) is 18.8. The summed E-state index contributed by atoms with van der Waals surface area (Å²) in [5.41, 5.74) is 6.89. The Hall–Kier alpha value is -2.88. The number of aromatic nitrogens is 2. The molecule has 1 radical (unpaired) electrons. The van der Waals surface area contributed by atoms with Gasteiger partial charge in [0, 0.05) is 37.9 Å². The number of pyridine rings is 2. The Kier molecular flexibility index (Phi) is 6.64. The van der Waals surface area contributed by atoms with Gasteiger partial charge in [-0.2, -0.15) is 11.6 Å². The predicted molar refractivity (Wildman–Crippen MR) is 125 cm³/mol. The SMILES string of the molecule is CC(=O)/C=C(/C)O.Cc1ccc2cnc3c(c2c1)C(C)(C)c1cccc2nc[c-]c-3c12.[Ir]. The van der Waals surface area contributed by atoms with Crippen molar-refractivity contribution in [2.24, 2.45) is 0 Å². The van der Waals surface area contributed by atoms with Crippen molar-refractivity contribution in [3.63, 3.8) is 0 Å². The van der Waals surface area contributed by atoms with Crippen molar-refractivity contribution in [3.8, 4) is 11.3 Å². The van der Waals surface area contributed by atoms with E-state index in [4.69, 9.17) is 10.1 Å². The van der Waals surface area contributed by atoms with Crippen LogP contribution in [-0.4, -0.2) is 20.9 Å². The third-order valence-electron chi connectivity index (χ3n) is 5.70. The number of aliphatic hydroxyl groups excluding tert-OH is 1. The fourth-order valence-electron chi connectivity index (χ4n) is 4.43. The Morgan fingerprint density at radius 2 is 1.88 bits per heavy atom. The molecule has 1 aliphatic carbocycles. The number of fused-ring (bicyclic) bond motifs is 4.